The summed E-state index contributed by atoms with van der Waals surface area (Å²) in [4.78, 5) is 0. The van der Waals surface area contributed by atoms with E-state index >= 15 is 0 Å². The predicted molar refractivity (Wildman–Crippen MR) is 71.3 cm³/mol. The van der Waals surface area contributed by atoms with E-state index in [9.17, 15) is 5.11 Å². The number of hydrogen-bond acceptors (Lipinski definition) is 2. The van der Waals surface area contributed by atoms with Crippen molar-refractivity contribution in [3.63, 3.8) is 0 Å². The van der Waals surface area contributed by atoms with Crippen molar-refractivity contribution in [2.75, 3.05) is 13.1 Å². The Morgan fingerprint density at radius 3 is 2.82 bits per heavy atom. The van der Waals surface area contributed by atoms with Crippen LogP contribution in [0.5, 0.6) is 5.75 Å². The van der Waals surface area contributed by atoms with Gasteiger partial charge in [0.15, 0.2) is 0 Å². The second-order valence-corrected chi connectivity index (χ2v) is 5.50. The van der Waals surface area contributed by atoms with Gasteiger partial charge in [0.1, 0.15) is 5.75 Å². The Morgan fingerprint density at radius 2 is 2.12 bits per heavy atom. The van der Waals surface area contributed by atoms with Crippen molar-refractivity contribution < 1.29 is 5.11 Å². The first kappa shape index (κ1) is 12.4. The number of aromatic hydroxyl groups is 1. The highest BCUT2D eigenvalue weighted by Crippen LogP contribution is 2.39. The molecule has 0 aliphatic carbocycles. The van der Waals surface area contributed by atoms with E-state index in [2.05, 4.69) is 25.2 Å². The molecule has 1 heterocycles. The molecule has 0 saturated carbocycles. The maximum Gasteiger partial charge on any atom is 0.115 e. The van der Waals surface area contributed by atoms with E-state index in [4.69, 9.17) is 0 Å². The summed E-state index contributed by atoms with van der Waals surface area (Å²) in [6, 6.07) is 7.81. The van der Waals surface area contributed by atoms with Gasteiger partial charge in [0, 0.05) is 12.0 Å². The van der Waals surface area contributed by atoms with Gasteiger partial charge in [-0.1, -0.05) is 32.4 Å². The van der Waals surface area contributed by atoms with Crippen molar-refractivity contribution in [2.45, 2.75) is 38.5 Å². The monoisotopic (exact) mass is 233 g/mol. The van der Waals surface area contributed by atoms with Crippen molar-refractivity contribution in [3.05, 3.63) is 29.8 Å². The third kappa shape index (κ3) is 2.47. The van der Waals surface area contributed by atoms with Crippen molar-refractivity contribution in [1.29, 1.82) is 0 Å². The van der Waals surface area contributed by atoms with Crippen LogP contribution >= 0.6 is 0 Å². The van der Waals surface area contributed by atoms with Gasteiger partial charge in [-0.05, 0) is 43.0 Å². The smallest absolute Gasteiger partial charge is 0.115 e. The molecule has 2 rings (SSSR count). The molecule has 2 heteroatoms. The molecule has 2 N–H and O–H groups in total. The molecule has 2 nitrogen and oxygen atoms in total. The minimum absolute atomic E-state index is 0.176. The molecule has 0 bridgehead atoms. The van der Waals surface area contributed by atoms with E-state index in [-0.39, 0.29) is 5.41 Å². The molecule has 0 amide bonds. The van der Waals surface area contributed by atoms with Gasteiger partial charge in [-0.25, -0.2) is 0 Å². The molecule has 1 atom stereocenters. The van der Waals surface area contributed by atoms with Gasteiger partial charge in [0.25, 0.3) is 0 Å². The number of hydrogen-bond donors (Lipinski definition) is 2. The molecular formula is C15H23NO. The molecule has 1 aliphatic heterocycles. The molecule has 1 saturated heterocycles. The fraction of sp³-hybridized carbons (Fsp3) is 0.600. The average molecular weight is 233 g/mol. The van der Waals surface area contributed by atoms with Crippen molar-refractivity contribution in [3.8, 4) is 5.75 Å². The van der Waals surface area contributed by atoms with Crippen LogP contribution in [0.15, 0.2) is 24.3 Å². The molecule has 17 heavy (non-hydrogen) atoms. The second-order valence-electron chi connectivity index (χ2n) is 5.50. The molecule has 0 radical (unpaired) electrons. The van der Waals surface area contributed by atoms with Crippen molar-refractivity contribution in [2.24, 2.45) is 5.92 Å². The van der Waals surface area contributed by atoms with Gasteiger partial charge in [0.05, 0.1) is 0 Å². The molecule has 1 aromatic carbocycles. The Morgan fingerprint density at radius 1 is 1.29 bits per heavy atom. The third-order valence-electron chi connectivity index (χ3n) is 4.19. The molecule has 94 valence electrons. The van der Waals surface area contributed by atoms with E-state index in [0.29, 0.717) is 11.7 Å². The van der Waals surface area contributed by atoms with Crippen LogP contribution in [0.1, 0.15) is 38.7 Å². The quantitative estimate of drug-likeness (QED) is 0.823. The standard InChI is InChI=1S/C15H23NO/c1-12(2)15(8-3-4-9-16-11-15)13-6-5-7-14(17)10-13/h5-7,10,12,16-17H,3-4,8-9,11H2,1-2H3. The van der Waals surface area contributed by atoms with Gasteiger partial charge in [0.2, 0.25) is 0 Å². The zero-order valence-electron chi connectivity index (χ0n) is 10.9. The maximum atomic E-state index is 9.69. The Bertz CT molecular complexity index is 365. The first-order chi connectivity index (χ1) is 8.15. The lowest BCUT2D eigenvalue weighted by Crippen LogP contribution is -2.41. The highest BCUT2D eigenvalue weighted by molar-refractivity contribution is 5.34. The molecule has 0 spiro atoms. The fourth-order valence-corrected chi connectivity index (χ4v) is 2.98. The van der Waals surface area contributed by atoms with Gasteiger partial charge >= 0.3 is 0 Å². The molecule has 1 unspecified atom stereocenters. The highest BCUT2D eigenvalue weighted by atomic mass is 16.3. The van der Waals surface area contributed by atoms with E-state index in [1.807, 2.05) is 12.1 Å². The lowest BCUT2D eigenvalue weighted by atomic mass is 9.69. The van der Waals surface area contributed by atoms with Crippen LogP contribution in [0.2, 0.25) is 0 Å². The van der Waals surface area contributed by atoms with Gasteiger partial charge < -0.3 is 10.4 Å². The largest absolute Gasteiger partial charge is 0.508 e. The van der Waals surface area contributed by atoms with Crippen LogP contribution in [0, 0.1) is 5.92 Å². The van der Waals surface area contributed by atoms with Crippen molar-refractivity contribution in [1.82, 2.24) is 5.32 Å². The molecule has 1 fully saturated rings. The number of phenols is 1. The topological polar surface area (TPSA) is 32.3 Å². The van der Waals surface area contributed by atoms with E-state index < -0.39 is 0 Å². The van der Waals surface area contributed by atoms with E-state index in [1.165, 1.54) is 24.8 Å². The van der Waals surface area contributed by atoms with Crippen LogP contribution in [-0.2, 0) is 5.41 Å². The van der Waals surface area contributed by atoms with Crippen LogP contribution in [0.25, 0.3) is 0 Å². The van der Waals surface area contributed by atoms with Gasteiger partial charge in [-0.3, -0.25) is 0 Å². The minimum atomic E-state index is 0.176. The summed E-state index contributed by atoms with van der Waals surface area (Å²) in [6.45, 7) is 6.72. The predicted octanol–water partition coefficient (Wildman–Crippen LogP) is 3.06. The Hall–Kier alpha value is -1.02. The lowest BCUT2D eigenvalue weighted by Gasteiger charge is -2.37. The number of nitrogens with one attached hydrogen (secondary N) is 1. The fourth-order valence-electron chi connectivity index (χ4n) is 2.98. The molecule has 1 aromatic rings. The summed E-state index contributed by atoms with van der Waals surface area (Å²) in [5.41, 5.74) is 1.46. The average Bonchev–Trinajstić information content (AvgIpc) is 2.55. The van der Waals surface area contributed by atoms with Crippen LogP contribution < -0.4 is 5.32 Å². The number of phenolic OH excluding ortho intramolecular Hbond substituents is 1. The summed E-state index contributed by atoms with van der Waals surface area (Å²) in [6.07, 6.45) is 3.73. The van der Waals surface area contributed by atoms with Crippen LogP contribution in [-0.4, -0.2) is 18.2 Å². The zero-order chi connectivity index (χ0) is 12.3. The summed E-state index contributed by atoms with van der Waals surface area (Å²) >= 11 is 0. The van der Waals surface area contributed by atoms with Gasteiger partial charge in [-0.2, -0.15) is 0 Å². The number of rotatable bonds is 2. The summed E-state index contributed by atoms with van der Waals surface area (Å²) < 4.78 is 0. The lowest BCUT2D eigenvalue weighted by molar-refractivity contribution is 0.283. The summed E-state index contributed by atoms with van der Waals surface area (Å²) in [5.74, 6) is 0.960. The minimum Gasteiger partial charge on any atom is -0.508 e. The summed E-state index contributed by atoms with van der Waals surface area (Å²) in [5, 5.41) is 13.2. The van der Waals surface area contributed by atoms with E-state index in [0.717, 1.165) is 13.1 Å². The summed E-state index contributed by atoms with van der Waals surface area (Å²) in [7, 11) is 0. The Kier molecular flexibility index (Phi) is 3.72. The normalized spacial score (nSPS) is 25.8. The van der Waals surface area contributed by atoms with E-state index in [1.54, 1.807) is 6.07 Å². The Labute approximate surface area is 104 Å². The first-order valence-corrected chi connectivity index (χ1v) is 6.65. The third-order valence-corrected chi connectivity index (χ3v) is 4.19. The zero-order valence-corrected chi connectivity index (χ0v) is 10.9. The molecule has 0 aromatic heterocycles. The molecular weight excluding hydrogens is 210 g/mol. The van der Waals surface area contributed by atoms with Gasteiger partial charge in [-0.15, -0.1) is 0 Å². The van der Waals surface area contributed by atoms with Crippen LogP contribution in [0.4, 0.5) is 0 Å². The van der Waals surface area contributed by atoms with Crippen LogP contribution in [0.3, 0.4) is 0 Å². The second kappa shape index (κ2) is 5.09. The number of benzene rings is 1. The Balaban J connectivity index is 2.39. The molecule has 1 aliphatic rings. The first-order valence-electron chi connectivity index (χ1n) is 6.65. The SMILES string of the molecule is CC(C)C1(c2cccc(O)c2)CCCCNC1. The van der Waals surface area contributed by atoms with Crippen molar-refractivity contribution >= 4 is 0 Å². The maximum absolute atomic E-state index is 9.69. The highest BCUT2D eigenvalue weighted by Gasteiger charge is 2.36.